The summed E-state index contributed by atoms with van der Waals surface area (Å²) in [6.07, 6.45) is -0.425. The molecule has 1 aromatic heterocycles. The Morgan fingerprint density at radius 1 is 1.05 bits per heavy atom. The van der Waals surface area contributed by atoms with E-state index in [0.717, 1.165) is 18.7 Å². The fourth-order valence-corrected chi connectivity index (χ4v) is 3.47. The number of hydrogen-bond donors (Lipinski definition) is 1. The van der Waals surface area contributed by atoms with Gasteiger partial charge in [0.05, 0.1) is 6.10 Å². The molecule has 0 aliphatic heterocycles. The number of aryl methyl sites for hydroxylation is 1. The third-order valence-corrected chi connectivity index (χ3v) is 4.40. The van der Waals surface area contributed by atoms with Crippen molar-refractivity contribution in [2.45, 2.75) is 33.4 Å². The maximum atomic E-state index is 10.4. The van der Waals surface area contributed by atoms with Gasteiger partial charge in [0.25, 0.3) is 0 Å². The summed E-state index contributed by atoms with van der Waals surface area (Å²) < 4.78 is 0. The summed E-state index contributed by atoms with van der Waals surface area (Å²) in [5.41, 5.74) is 0.994. The van der Waals surface area contributed by atoms with Crippen LogP contribution in [0, 0.1) is 12.8 Å². The van der Waals surface area contributed by atoms with Gasteiger partial charge in [0, 0.05) is 29.4 Å². The molecule has 1 heterocycles. The van der Waals surface area contributed by atoms with E-state index in [4.69, 9.17) is 0 Å². The van der Waals surface area contributed by atoms with E-state index in [9.17, 15) is 5.11 Å². The lowest BCUT2D eigenvalue weighted by Crippen LogP contribution is -2.31. The monoisotopic (exact) mass is 303 g/mol. The van der Waals surface area contributed by atoms with Crippen molar-refractivity contribution in [1.82, 2.24) is 4.90 Å². The summed E-state index contributed by atoms with van der Waals surface area (Å²) >= 11 is 1.84. The van der Waals surface area contributed by atoms with Crippen molar-refractivity contribution in [3.05, 3.63) is 57.8 Å². The van der Waals surface area contributed by atoms with Gasteiger partial charge in [0.2, 0.25) is 0 Å². The van der Waals surface area contributed by atoms with Gasteiger partial charge in [-0.1, -0.05) is 44.2 Å². The number of aliphatic hydroxyl groups is 1. The van der Waals surface area contributed by atoms with Gasteiger partial charge < -0.3 is 5.11 Å². The van der Waals surface area contributed by atoms with Crippen LogP contribution in [0.2, 0.25) is 0 Å². The van der Waals surface area contributed by atoms with Gasteiger partial charge in [0.15, 0.2) is 0 Å². The third-order valence-electron chi connectivity index (χ3n) is 3.41. The van der Waals surface area contributed by atoms with Crippen molar-refractivity contribution in [2.75, 3.05) is 13.1 Å². The molecule has 0 fully saturated rings. The molecule has 0 saturated carbocycles. The first-order valence-corrected chi connectivity index (χ1v) is 8.37. The van der Waals surface area contributed by atoms with Crippen LogP contribution in [0.5, 0.6) is 0 Å². The second-order valence-corrected chi connectivity index (χ2v) is 7.40. The molecule has 1 aromatic carbocycles. The molecule has 0 aliphatic rings. The van der Waals surface area contributed by atoms with Gasteiger partial charge in [-0.2, -0.15) is 0 Å². The van der Waals surface area contributed by atoms with Gasteiger partial charge >= 0.3 is 0 Å². The molecule has 0 aliphatic carbocycles. The largest absolute Gasteiger partial charge is 0.387 e. The Morgan fingerprint density at radius 2 is 1.76 bits per heavy atom. The average Bonchev–Trinajstić information content (AvgIpc) is 2.84. The van der Waals surface area contributed by atoms with E-state index in [2.05, 4.69) is 37.8 Å². The molecule has 0 saturated heterocycles. The zero-order valence-corrected chi connectivity index (χ0v) is 13.9. The normalized spacial score (nSPS) is 13.0. The average molecular weight is 303 g/mol. The third kappa shape index (κ3) is 5.27. The van der Waals surface area contributed by atoms with Crippen LogP contribution in [0.3, 0.4) is 0 Å². The number of hydrogen-bond acceptors (Lipinski definition) is 3. The fourth-order valence-electron chi connectivity index (χ4n) is 2.54. The SMILES string of the molecule is Cc1ccc(CN(CC(C)C)C[C@H](O)c2ccccc2)s1. The van der Waals surface area contributed by atoms with Crippen LogP contribution in [0.15, 0.2) is 42.5 Å². The Bertz CT molecular complexity index is 535. The molecule has 0 spiro atoms. The number of thiophene rings is 1. The topological polar surface area (TPSA) is 23.5 Å². The highest BCUT2D eigenvalue weighted by molar-refractivity contribution is 7.11. The van der Waals surface area contributed by atoms with Crippen LogP contribution in [0.25, 0.3) is 0 Å². The first-order valence-electron chi connectivity index (χ1n) is 7.55. The number of benzene rings is 1. The van der Waals surface area contributed by atoms with Gasteiger partial charge in [-0.25, -0.2) is 0 Å². The molecule has 21 heavy (non-hydrogen) atoms. The Balaban J connectivity index is 2.02. The lowest BCUT2D eigenvalue weighted by Gasteiger charge is -2.26. The minimum Gasteiger partial charge on any atom is -0.387 e. The van der Waals surface area contributed by atoms with E-state index in [1.807, 2.05) is 41.7 Å². The quantitative estimate of drug-likeness (QED) is 0.826. The maximum Gasteiger partial charge on any atom is 0.0917 e. The van der Waals surface area contributed by atoms with Gasteiger partial charge in [-0.15, -0.1) is 11.3 Å². The minimum atomic E-state index is -0.425. The lowest BCUT2D eigenvalue weighted by molar-refractivity contribution is 0.102. The molecule has 0 radical (unpaired) electrons. The van der Waals surface area contributed by atoms with Crippen molar-refractivity contribution in [2.24, 2.45) is 5.92 Å². The van der Waals surface area contributed by atoms with Crippen molar-refractivity contribution >= 4 is 11.3 Å². The van der Waals surface area contributed by atoms with Crippen LogP contribution in [0.4, 0.5) is 0 Å². The molecule has 1 atom stereocenters. The number of rotatable bonds is 7. The highest BCUT2D eigenvalue weighted by Crippen LogP contribution is 2.20. The Labute approximate surface area is 132 Å². The number of nitrogens with zero attached hydrogens (tertiary/aromatic N) is 1. The molecule has 114 valence electrons. The molecule has 2 nitrogen and oxygen atoms in total. The first-order chi connectivity index (χ1) is 10.0. The van der Waals surface area contributed by atoms with Crippen LogP contribution in [-0.4, -0.2) is 23.1 Å². The standard InChI is InChI=1S/C18H25NOS/c1-14(2)11-19(12-17-10-9-15(3)21-17)13-18(20)16-7-5-4-6-8-16/h4-10,14,18,20H,11-13H2,1-3H3/t18-/m0/s1. The molecular formula is C18H25NOS. The van der Waals surface area contributed by atoms with Gasteiger partial charge in [-0.05, 0) is 30.5 Å². The van der Waals surface area contributed by atoms with Gasteiger partial charge in [-0.3, -0.25) is 4.90 Å². The lowest BCUT2D eigenvalue weighted by atomic mass is 10.1. The van der Waals surface area contributed by atoms with E-state index >= 15 is 0 Å². The molecular weight excluding hydrogens is 278 g/mol. The van der Waals surface area contributed by atoms with E-state index in [1.165, 1.54) is 9.75 Å². The molecule has 0 unspecified atom stereocenters. The van der Waals surface area contributed by atoms with Crippen molar-refractivity contribution in [3.8, 4) is 0 Å². The van der Waals surface area contributed by atoms with Crippen LogP contribution in [-0.2, 0) is 6.54 Å². The summed E-state index contributed by atoms with van der Waals surface area (Å²) in [7, 11) is 0. The zero-order valence-electron chi connectivity index (χ0n) is 13.1. The molecule has 2 rings (SSSR count). The summed E-state index contributed by atoms with van der Waals surface area (Å²) in [6, 6.07) is 14.3. The zero-order chi connectivity index (χ0) is 15.2. The van der Waals surface area contributed by atoms with Crippen LogP contribution in [0.1, 0.15) is 35.3 Å². The minimum absolute atomic E-state index is 0.425. The highest BCUT2D eigenvalue weighted by atomic mass is 32.1. The van der Waals surface area contributed by atoms with Crippen LogP contribution < -0.4 is 0 Å². The highest BCUT2D eigenvalue weighted by Gasteiger charge is 2.15. The second-order valence-electron chi connectivity index (χ2n) is 6.03. The molecule has 0 bridgehead atoms. The van der Waals surface area contributed by atoms with Crippen molar-refractivity contribution in [1.29, 1.82) is 0 Å². The summed E-state index contributed by atoms with van der Waals surface area (Å²) in [5, 5.41) is 10.4. The second kappa shape index (κ2) is 7.74. The Kier molecular flexibility index (Phi) is 5.97. The first kappa shape index (κ1) is 16.2. The summed E-state index contributed by atoms with van der Waals surface area (Å²) in [5.74, 6) is 0.592. The van der Waals surface area contributed by atoms with E-state index < -0.39 is 6.10 Å². The molecule has 1 N–H and O–H groups in total. The summed E-state index contributed by atoms with van der Waals surface area (Å²) in [4.78, 5) is 5.07. The van der Waals surface area contributed by atoms with Crippen LogP contribution >= 0.6 is 11.3 Å². The van der Waals surface area contributed by atoms with E-state index in [0.29, 0.717) is 12.5 Å². The Morgan fingerprint density at radius 3 is 2.33 bits per heavy atom. The van der Waals surface area contributed by atoms with Crippen molar-refractivity contribution in [3.63, 3.8) is 0 Å². The molecule has 0 amide bonds. The number of aliphatic hydroxyl groups excluding tert-OH is 1. The van der Waals surface area contributed by atoms with E-state index in [1.54, 1.807) is 0 Å². The summed E-state index contributed by atoms with van der Waals surface area (Å²) in [6.45, 7) is 9.18. The smallest absolute Gasteiger partial charge is 0.0917 e. The molecule has 3 heteroatoms. The molecule has 2 aromatic rings. The predicted molar refractivity (Wildman–Crippen MR) is 90.6 cm³/mol. The maximum absolute atomic E-state index is 10.4. The predicted octanol–water partition coefficient (Wildman–Crippen LogP) is 4.25. The fraction of sp³-hybridized carbons (Fsp3) is 0.444. The van der Waals surface area contributed by atoms with Crippen molar-refractivity contribution < 1.29 is 5.11 Å². The van der Waals surface area contributed by atoms with Gasteiger partial charge in [0.1, 0.15) is 0 Å². The van der Waals surface area contributed by atoms with E-state index in [-0.39, 0.29) is 0 Å². The Hall–Kier alpha value is -1.16.